The van der Waals surface area contributed by atoms with Gasteiger partial charge in [-0.3, -0.25) is 0 Å². The average Bonchev–Trinajstić information content (AvgIpc) is 2.23. The summed E-state index contributed by atoms with van der Waals surface area (Å²) in [5.41, 5.74) is 1.44. The van der Waals surface area contributed by atoms with Crippen molar-refractivity contribution >= 4 is 38.5 Å². The lowest BCUT2D eigenvalue weighted by Gasteiger charge is -2.24. The Bertz CT molecular complexity index is 321. The molecule has 0 aromatic heterocycles. The van der Waals surface area contributed by atoms with Crippen molar-refractivity contribution in [3.8, 4) is 0 Å². The van der Waals surface area contributed by atoms with E-state index in [4.69, 9.17) is 0 Å². The molecule has 0 bridgehead atoms. The van der Waals surface area contributed by atoms with Crippen molar-refractivity contribution in [1.29, 1.82) is 0 Å². The highest BCUT2D eigenvalue weighted by Crippen LogP contribution is 2.29. The summed E-state index contributed by atoms with van der Waals surface area (Å²) in [6.07, 6.45) is 3.94. The Balaban J connectivity index is 2.24. The molecule has 2 rings (SSSR count). The normalized spacial score (nSPS) is 22.3. The van der Waals surface area contributed by atoms with Crippen molar-refractivity contribution in [3.63, 3.8) is 0 Å². The molecular formula is C11H13BrIN. The zero-order valence-corrected chi connectivity index (χ0v) is 11.6. The third-order valence-electron chi connectivity index (χ3n) is 2.64. The molecule has 1 fully saturated rings. The number of piperidine rings is 1. The molecule has 0 aliphatic carbocycles. The molecule has 1 atom stereocenters. The van der Waals surface area contributed by atoms with Crippen LogP contribution in [0.5, 0.6) is 0 Å². The van der Waals surface area contributed by atoms with E-state index < -0.39 is 0 Å². The Morgan fingerprint density at radius 3 is 2.93 bits per heavy atom. The minimum atomic E-state index is 0.563. The Morgan fingerprint density at radius 2 is 2.21 bits per heavy atom. The van der Waals surface area contributed by atoms with Crippen LogP contribution in [0.1, 0.15) is 30.9 Å². The van der Waals surface area contributed by atoms with E-state index in [2.05, 4.69) is 62.0 Å². The smallest absolute Gasteiger partial charge is 0.0331 e. The summed E-state index contributed by atoms with van der Waals surface area (Å²) in [7, 11) is 0. The first kappa shape index (κ1) is 10.9. The second-order valence-corrected chi connectivity index (χ2v) is 5.75. The summed E-state index contributed by atoms with van der Waals surface area (Å²) < 4.78 is 2.55. The first-order valence-electron chi connectivity index (χ1n) is 4.96. The van der Waals surface area contributed by atoms with Crippen molar-refractivity contribution in [2.45, 2.75) is 25.3 Å². The minimum Gasteiger partial charge on any atom is -0.310 e. The van der Waals surface area contributed by atoms with E-state index in [1.54, 1.807) is 0 Å². The molecule has 0 saturated carbocycles. The summed E-state index contributed by atoms with van der Waals surface area (Å²) in [4.78, 5) is 0. The van der Waals surface area contributed by atoms with Crippen LogP contribution in [0.25, 0.3) is 0 Å². The number of benzene rings is 1. The second-order valence-electron chi connectivity index (χ2n) is 3.67. The van der Waals surface area contributed by atoms with Gasteiger partial charge in [-0.15, -0.1) is 0 Å². The molecule has 1 saturated heterocycles. The van der Waals surface area contributed by atoms with Crippen LogP contribution in [-0.2, 0) is 0 Å². The standard InChI is InChI=1S/C11H13BrIN/c12-8-4-5-10(13)9(7-8)11-3-1-2-6-14-11/h4-5,7,11,14H,1-3,6H2/t11-/m1/s1. The van der Waals surface area contributed by atoms with Gasteiger partial charge in [0.2, 0.25) is 0 Å². The third-order valence-corrected chi connectivity index (χ3v) is 4.12. The van der Waals surface area contributed by atoms with E-state index in [1.165, 1.54) is 32.9 Å². The largest absolute Gasteiger partial charge is 0.310 e. The van der Waals surface area contributed by atoms with Gasteiger partial charge in [-0.25, -0.2) is 0 Å². The van der Waals surface area contributed by atoms with E-state index in [0.717, 1.165) is 6.54 Å². The fourth-order valence-corrected chi connectivity index (χ4v) is 2.99. The Morgan fingerprint density at radius 1 is 1.36 bits per heavy atom. The van der Waals surface area contributed by atoms with Crippen molar-refractivity contribution in [3.05, 3.63) is 31.8 Å². The Kier molecular flexibility index (Phi) is 3.85. The van der Waals surface area contributed by atoms with E-state index in [1.807, 2.05) is 0 Å². The van der Waals surface area contributed by atoms with Crippen LogP contribution in [-0.4, -0.2) is 6.54 Å². The molecule has 0 unspecified atom stereocenters. The van der Waals surface area contributed by atoms with E-state index in [-0.39, 0.29) is 0 Å². The van der Waals surface area contributed by atoms with E-state index in [0.29, 0.717) is 6.04 Å². The number of halogens is 2. The molecule has 1 aliphatic heterocycles. The topological polar surface area (TPSA) is 12.0 Å². The van der Waals surface area contributed by atoms with Gasteiger partial charge in [-0.05, 0) is 65.7 Å². The van der Waals surface area contributed by atoms with Crippen molar-refractivity contribution in [1.82, 2.24) is 5.32 Å². The van der Waals surface area contributed by atoms with Gasteiger partial charge in [0.25, 0.3) is 0 Å². The molecular weight excluding hydrogens is 353 g/mol. The average molecular weight is 366 g/mol. The summed E-state index contributed by atoms with van der Waals surface area (Å²) in [6.45, 7) is 1.16. The van der Waals surface area contributed by atoms with Gasteiger partial charge in [-0.1, -0.05) is 22.4 Å². The molecule has 76 valence electrons. The third kappa shape index (κ3) is 2.49. The molecule has 0 amide bonds. The molecule has 1 heterocycles. The van der Waals surface area contributed by atoms with E-state index >= 15 is 0 Å². The van der Waals surface area contributed by atoms with Gasteiger partial charge < -0.3 is 5.32 Å². The van der Waals surface area contributed by atoms with Crippen LogP contribution in [0.2, 0.25) is 0 Å². The highest BCUT2D eigenvalue weighted by Gasteiger charge is 2.16. The van der Waals surface area contributed by atoms with Crippen LogP contribution in [0.15, 0.2) is 22.7 Å². The number of hydrogen-bond donors (Lipinski definition) is 1. The first-order valence-corrected chi connectivity index (χ1v) is 6.83. The van der Waals surface area contributed by atoms with E-state index in [9.17, 15) is 0 Å². The SMILES string of the molecule is Brc1ccc(I)c([C@H]2CCCCN2)c1. The fraction of sp³-hybridized carbons (Fsp3) is 0.455. The molecule has 0 radical (unpaired) electrons. The van der Waals surface area contributed by atoms with Crippen LogP contribution >= 0.6 is 38.5 Å². The quantitative estimate of drug-likeness (QED) is 0.745. The van der Waals surface area contributed by atoms with Crippen LogP contribution in [0, 0.1) is 3.57 Å². The Hall–Kier alpha value is 0.390. The van der Waals surface area contributed by atoms with Gasteiger partial charge in [0, 0.05) is 14.1 Å². The van der Waals surface area contributed by atoms with Gasteiger partial charge in [0.1, 0.15) is 0 Å². The highest BCUT2D eigenvalue weighted by atomic mass is 127. The van der Waals surface area contributed by atoms with Gasteiger partial charge in [0.05, 0.1) is 0 Å². The van der Waals surface area contributed by atoms with Crippen LogP contribution in [0.3, 0.4) is 0 Å². The molecule has 1 nitrogen and oxygen atoms in total. The number of nitrogens with one attached hydrogen (secondary N) is 1. The maximum atomic E-state index is 3.58. The lowest BCUT2D eigenvalue weighted by atomic mass is 9.98. The highest BCUT2D eigenvalue weighted by molar-refractivity contribution is 14.1. The van der Waals surface area contributed by atoms with Crippen LogP contribution in [0.4, 0.5) is 0 Å². The lowest BCUT2D eigenvalue weighted by Crippen LogP contribution is -2.27. The second kappa shape index (κ2) is 4.94. The first-order chi connectivity index (χ1) is 6.77. The molecule has 1 aliphatic rings. The predicted octanol–water partition coefficient (Wildman–Crippen LogP) is 3.87. The van der Waals surface area contributed by atoms with Crippen molar-refractivity contribution in [2.24, 2.45) is 0 Å². The van der Waals surface area contributed by atoms with Gasteiger partial charge in [0.15, 0.2) is 0 Å². The molecule has 1 aromatic carbocycles. The zero-order chi connectivity index (χ0) is 9.97. The lowest BCUT2D eigenvalue weighted by molar-refractivity contribution is 0.411. The number of rotatable bonds is 1. The monoisotopic (exact) mass is 365 g/mol. The van der Waals surface area contributed by atoms with Crippen molar-refractivity contribution < 1.29 is 0 Å². The minimum absolute atomic E-state index is 0.563. The van der Waals surface area contributed by atoms with Crippen molar-refractivity contribution in [2.75, 3.05) is 6.54 Å². The summed E-state index contributed by atoms with van der Waals surface area (Å²) in [5.74, 6) is 0. The molecule has 1 N–H and O–H groups in total. The Labute approximate surface area is 107 Å². The summed E-state index contributed by atoms with van der Waals surface area (Å²) in [6, 6.07) is 7.09. The van der Waals surface area contributed by atoms with Gasteiger partial charge >= 0.3 is 0 Å². The maximum Gasteiger partial charge on any atom is 0.0331 e. The summed E-state index contributed by atoms with van der Waals surface area (Å²) >= 11 is 5.95. The summed E-state index contributed by atoms with van der Waals surface area (Å²) in [5, 5.41) is 3.58. The molecule has 1 aromatic rings. The number of hydrogen-bond acceptors (Lipinski definition) is 1. The molecule has 14 heavy (non-hydrogen) atoms. The molecule has 3 heteroatoms. The zero-order valence-electron chi connectivity index (χ0n) is 7.89. The molecule has 0 spiro atoms. The predicted molar refractivity (Wildman–Crippen MR) is 71.5 cm³/mol. The van der Waals surface area contributed by atoms with Crippen LogP contribution < -0.4 is 5.32 Å². The van der Waals surface area contributed by atoms with Gasteiger partial charge in [-0.2, -0.15) is 0 Å². The fourth-order valence-electron chi connectivity index (χ4n) is 1.90. The maximum absolute atomic E-state index is 3.58.